The summed E-state index contributed by atoms with van der Waals surface area (Å²) in [4.78, 5) is 13.7. The van der Waals surface area contributed by atoms with Crippen molar-refractivity contribution in [2.24, 2.45) is 5.92 Å². The second kappa shape index (κ2) is 6.52. The number of amides is 1. The van der Waals surface area contributed by atoms with Crippen molar-refractivity contribution in [1.29, 1.82) is 0 Å². The van der Waals surface area contributed by atoms with E-state index < -0.39 is 19.1 Å². The number of alkyl halides is 2. The van der Waals surface area contributed by atoms with Crippen molar-refractivity contribution in [1.82, 2.24) is 10.2 Å². The molecule has 0 radical (unpaired) electrons. The number of aryl methyl sites for hydroxylation is 1. The summed E-state index contributed by atoms with van der Waals surface area (Å²) in [6.45, 7) is 5.38. The summed E-state index contributed by atoms with van der Waals surface area (Å²) in [6, 6.07) is 7.24. The lowest BCUT2D eigenvalue weighted by atomic mass is 9.99. The second-order valence-corrected chi connectivity index (χ2v) is 5.73. The number of rotatable bonds is 5. The van der Waals surface area contributed by atoms with Gasteiger partial charge < -0.3 is 4.90 Å². The van der Waals surface area contributed by atoms with Crippen molar-refractivity contribution < 1.29 is 13.6 Å². The zero-order chi connectivity index (χ0) is 15.6. The smallest absolute Gasteiger partial charge is 0.255 e. The van der Waals surface area contributed by atoms with Crippen molar-refractivity contribution in [2.75, 3.05) is 6.54 Å². The molecule has 3 unspecified atom stereocenters. The van der Waals surface area contributed by atoms with Crippen molar-refractivity contribution >= 4 is 5.91 Å². The van der Waals surface area contributed by atoms with E-state index in [1.807, 2.05) is 45.0 Å². The predicted octanol–water partition coefficient (Wildman–Crippen LogP) is 3.11. The van der Waals surface area contributed by atoms with Crippen LogP contribution in [0, 0.1) is 12.8 Å². The number of benzene rings is 1. The summed E-state index contributed by atoms with van der Waals surface area (Å²) in [5.41, 5.74) is 1.90. The maximum absolute atomic E-state index is 12.8. The molecule has 1 aliphatic heterocycles. The lowest BCUT2D eigenvalue weighted by molar-refractivity contribution is -0.132. The molecule has 1 N–H and O–H groups in total. The van der Waals surface area contributed by atoms with Gasteiger partial charge in [-0.05, 0) is 18.4 Å². The highest BCUT2D eigenvalue weighted by molar-refractivity contribution is 5.85. The van der Waals surface area contributed by atoms with Gasteiger partial charge in [-0.25, -0.2) is 8.78 Å². The van der Waals surface area contributed by atoms with Crippen LogP contribution in [0.4, 0.5) is 8.78 Å². The van der Waals surface area contributed by atoms with Gasteiger partial charge in [0.1, 0.15) is 6.17 Å². The first kappa shape index (κ1) is 15.9. The van der Waals surface area contributed by atoms with Crippen LogP contribution >= 0.6 is 0 Å². The molecular weight excluding hydrogens is 274 g/mol. The SMILES string of the molecule is CCC(C)C1NC(c2cccc(C)c2)N(CC(F)F)C1=O. The summed E-state index contributed by atoms with van der Waals surface area (Å²) < 4.78 is 25.6. The average Bonchev–Trinajstić information content (AvgIpc) is 2.75. The minimum absolute atomic E-state index is 0.118. The quantitative estimate of drug-likeness (QED) is 0.905. The van der Waals surface area contributed by atoms with Gasteiger partial charge in [-0.3, -0.25) is 10.1 Å². The van der Waals surface area contributed by atoms with Gasteiger partial charge in [0.2, 0.25) is 5.91 Å². The normalized spacial score (nSPS) is 23.9. The first-order chi connectivity index (χ1) is 9.93. The van der Waals surface area contributed by atoms with E-state index in [0.29, 0.717) is 0 Å². The third kappa shape index (κ3) is 3.40. The maximum Gasteiger partial charge on any atom is 0.255 e. The fourth-order valence-corrected chi connectivity index (χ4v) is 2.74. The molecule has 1 fully saturated rings. The van der Waals surface area contributed by atoms with Gasteiger partial charge in [-0.1, -0.05) is 50.1 Å². The van der Waals surface area contributed by atoms with Gasteiger partial charge >= 0.3 is 0 Å². The molecule has 0 aromatic heterocycles. The van der Waals surface area contributed by atoms with E-state index in [1.165, 1.54) is 4.90 Å². The van der Waals surface area contributed by atoms with Crippen LogP contribution in [0.5, 0.6) is 0 Å². The van der Waals surface area contributed by atoms with Crippen LogP contribution in [0.15, 0.2) is 24.3 Å². The highest BCUT2D eigenvalue weighted by atomic mass is 19.3. The molecule has 1 aromatic rings. The molecule has 5 heteroatoms. The Kier molecular flexibility index (Phi) is 4.93. The molecular formula is C16H22F2N2O. The zero-order valence-electron chi connectivity index (χ0n) is 12.6. The largest absolute Gasteiger partial charge is 0.316 e. The van der Waals surface area contributed by atoms with E-state index in [2.05, 4.69) is 5.32 Å². The van der Waals surface area contributed by atoms with Gasteiger partial charge in [0.25, 0.3) is 6.43 Å². The van der Waals surface area contributed by atoms with Crippen molar-refractivity contribution in [2.45, 2.75) is 45.8 Å². The van der Waals surface area contributed by atoms with Crippen LogP contribution in [0.25, 0.3) is 0 Å². The number of hydrogen-bond acceptors (Lipinski definition) is 2. The number of carbonyl (C=O) groups excluding carboxylic acids is 1. The Morgan fingerprint density at radius 3 is 2.67 bits per heavy atom. The predicted molar refractivity (Wildman–Crippen MR) is 78.0 cm³/mol. The number of hydrogen-bond donors (Lipinski definition) is 1. The highest BCUT2D eigenvalue weighted by Crippen LogP contribution is 2.30. The molecule has 1 aromatic carbocycles. The van der Waals surface area contributed by atoms with E-state index in [1.54, 1.807) is 0 Å². The Morgan fingerprint density at radius 2 is 2.10 bits per heavy atom. The van der Waals surface area contributed by atoms with Crippen LogP contribution in [-0.4, -0.2) is 29.8 Å². The summed E-state index contributed by atoms with van der Waals surface area (Å²) in [7, 11) is 0. The third-order valence-corrected chi connectivity index (χ3v) is 4.10. The molecule has 1 saturated heterocycles. The minimum atomic E-state index is -2.53. The van der Waals surface area contributed by atoms with Crippen molar-refractivity contribution in [3.05, 3.63) is 35.4 Å². The maximum atomic E-state index is 12.8. The molecule has 1 aliphatic rings. The van der Waals surface area contributed by atoms with Crippen molar-refractivity contribution in [3.63, 3.8) is 0 Å². The summed E-state index contributed by atoms with van der Waals surface area (Å²) in [5, 5.41) is 3.23. The molecule has 0 bridgehead atoms. The number of nitrogens with one attached hydrogen (secondary N) is 1. The summed E-state index contributed by atoms with van der Waals surface area (Å²) in [5.74, 6) is -0.108. The van der Waals surface area contributed by atoms with Crippen molar-refractivity contribution in [3.8, 4) is 0 Å². The Hall–Kier alpha value is -1.49. The van der Waals surface area contributed by atoms with Crippen LogP contribution < -0.4 is 5.32 Å². The average molecular weight is 296 g/mol. The molecule has 21 heavy (non-hydrogen) atoms. The monoisotopic (exact) mass is 296 g/mol. The first-order valence-corrected chi connectivity index (χ1v) is 7.35. The topological polar surface area (TPSA) is 32.3 Å². The van der Waals surface area contributed by atoms with Gasteiger partial charge in [-0.2, -0.15) is 0 Å². The van der Waals surface area contributed by atoms with Crippen LogP contribution in [0.1, 0.15) is 37.6 Å². The summed E-state index contributed by atoms with van der Waals surface area (Å²) >= 11 is 0. The molecule has 116 valence electrons. The van der Waals surface area contributed by atoms with Gasteiger partial charge in [0.15, 0.2) is 0 Å². The molecule has 1 amide bonds. The van der Waals surface area contributed by atoms with Gasteiger partial charge in [-0.15, -0.1) is 0 Å². The molecule has 0 spiro atoms. The second-order valence-electron chi connectivity index (χ2n) is 5.73. The molecule has 0 aliphatic carbocycles. The Morgan fingerprint density at radius 1 is 1.38 bits per heavy atom. The molecule has 2 rings (SSSR count). The summed E-state index contributed by atoms with van der Waals surface area (Å²) in [6.07, 6.45) is -2.17. The number of nitrogens with zero attached hydrogens (tertiary/aromatic N) is 1. The van der Waals surface area contributed by atoms with E-state index in [0.717, 1.165) is 17.5 Å². The van der Waals surface area contributed by atoms with Crippen LogP contribution in [-0.2, 0) is 4.79 Å². The van der Waals surface area contributed by atoms with Crippen LogP contribution in [0.3, 0.4) is 0 Å². The zero-order valence-corrected chi connectivity index (χ0v) is 12.6. The first-order valence-electron chi connectivity index (χ1n) is 7.35. The standard InChI is InChI=1S/C16H22F2N2O/c1-4-11(3)14-16(21)20(9-13(17)18)15(19-14)12-7-5-6-10(2)8-12/h5-8,11,13-15,19H,4,9H2,1-3H3. The van der Waals surface area contributed by atoms with Gasteiger partial charge in [0.05, 0.1) is 12.6 Å². The Bertz CT molecular complexity index is 507. The van der Waals surface area contributed by atoms with Gasteiger partial charge in [0, 0.05) is 0 Å². The Balaban J connectivity index is 2.30. The molecule has 3 atom stereocenters. The number of carbonyl (C=O) groups is 1. The Labute approximate surface area is 124 Å². The van der Waals surface area contributed by atoms with E-state index in [-0.39, 0.29) is 17.9 Å². The molecule has 0 saturated carbocycles. The van der Waals surface area contributed by atoms with E-state index >= 15 is 0 Å². The highest BCUT2D eigenvalue weighted by Gasteiger charge is 2.42. The minimum Gasteiger partial charge on any atom is -0.316 e. The lowest BCUT2D eigenvalue weighted by Crippen LogP contribution is -2.37. The molecule has 1 heterocycles. The molecule has 3 nitrogen and oxygen atoms in total. The number of halogens is 2. The fraction of sp³-hybridized carbons (Fsp3) is 0.562. The van der Waals surface area contributed by atoms with Crippen LogP contribution in [0.2, 0.25) is 0 Å². The van der Waals surface area contributed by atoms with E-state index in [4.69, 9.17) is 0 Å². The van der Waals surface area contributed by atoms with E-state index in [9.17, 15) is 13.6 Å². The fourth-order valence-electron chi connectivity index (χ4n) is 2.74. The lowest BCUT2D eigenvalue weighted by Gasteiger charge is -2.24. The third-order valence-electron chi connectivity index (χ3n) is 4.10.